The number of nitrogens with two attached hydrogens (primary N) is 1. The molecule has 0 radical (unpaired) electrons. The zero-order valence-electron chi connectivity index (χ0n) is 13.1. The van der Waals surface area contributed by atoms with E-state index in [0.717, 1.165) is 24.8 Å². The van der Waals surface area contributed by atoms with Crippen LogP contribution in [0.15, 0.2) is 28.8 Å². The molecule has 0 bridgehead atoms. The Morgan fingerprint density at radius 2 is 2.22 bits per heavy atom. The molecule has 2 rings (SSSR count). The fourth-order valence-corrected chi connectivity index (χ4v) is 2.33. The minimum atomic E-state index is -0.336. The summed E-state index contributed by atoms with van der Waals surface area (Å²) in [5, 5.41) is 7.39. The lowest BCUT2D eigenvalue weighted by Crippen LogP contribution is -2.26. The van der Waals surface area contributed by atoms with Crippen molar-refractivity contribution < 1.29 is 9.32 Å². The molecule has 1 unspecified atom stereocenters. The first kappa shape index (κ1) is 17.4. The fourth-order valence-electron chi connectivity index (χ4n) is 2.14. The van der Waals surface area contributed by atoms with E-state index in [9.17, 15) is 4.79 Å². The third kappa shape index (κ3) is 5.33. The van der Waals surface area contributed by atoms with Crippen molar-refractivity contribution in [2.75, 3.05) is 6.54 Å². The maximum Gasteiger partial charge on any atom is 0.249 e. The molecule has 0 aliphatic rings. The molecular formula is C16H21ClN4O2. The second-order valence-corrected chi connectivity index (χ2v) is 5.79. The van der Waals surface area contributed by atoms with Gasteiger partial charge in [0.05, 0.1) is 0 Å². The Morgan fingerprint density at radius 1 is 1.39 bits per heavy atom. The molecule has 124 valence electrons. The summed E-state index contributed by atoms with van der Waals surface area (Å²) in [5.74, 6) is 0.791. The Labute approximate surface area is 140 Å². The molecule has 0 saturated carbocycles. The van der Waals surface area contributed by atoms with Crippen molar-refractivity contribution in [2.24, 2.45) is 5.73 Å². The molecule has 1 aromatic carbocycles. The summed E-state index contributed by atoms with van der Waals surface area (Å²) in [7, 11) is 0. The Hall–Kier alpha value is -1.92. The smallest absolute Gasteiger partial charge is 0.249 e. The largest absolute Gasteiger partial charge is 0.345 e. The highest BCUT2D eigenvalue weighted by Crippen LogP contribution is 2.21. The molecule has 0 aliphatic heterocycles. The van der Waals surface area contributed by atoms with Crippen LogP contribution in [0.25, 0.3) is 11.4 Å². The van der Waals surface area contributed by atoms with Gasteiger partial charge in [0.15, 0.2) is 0 Å². The Morgan fingerprint density at radius 3 is 2.96 bits per heavy atom. The van der Waals surface area contributed by atoms with Crippen LogP contribution < -0.4 is 11.1 Å². The average Bonchev–Trinajstić information content (AvgIpc) is 3.02. The molecule has 0 fully saturated rings. The molecular weight excluding hydrogens is 316 g/mol. The predicted molar refractivity (Wildman–Crippen MR) is 88.8 cm³/mol. The van der Waals surface area contributed by atoms with Crippen molar-refractivity contribution in [2.45, 2.75) is 38.6 Å². The summed E-state index contributed by atoms with van der Waals surface area (Å²) < 4.78 is 5.23. The van der Waals surface area contributed by atoms with Crippen LogP contribution in [0.3, 0.4) is 0 Å². The standard InChI is InChI=1S/C16H21ClN4O2/c1-11(19-14(22)8-3-2-4-9-18)16-20-15(21-23-16)12-6-5-7-13(17)10-12/h5-7,10-11H,2-4,8-9,18H2,1H3,(H,19,22). The lowest BCUT2D eigenvalue weighted by molar-refractivity contribution is -0.122. The number of unbranched alkanes of at least 4 members (excludes halogenated alkanes) is 2. The number of rotatable bonds is 8. The molecule has 1 atom stereocenters. The van der Waals surface area contributed by atoms with Crippen LogP contribution >= 0.6 is 11.6 Å². The van der Waals surface area contributed by atoms with E-state index in [4.69, 9.17) is 21.9 Å². The highest BCUT2D eigenvalue weighted by molar-refractivity contribution is 6.30. The molecule has 23 heavy (non-hydrogen) atoms. The Kier molecular flexibility index (Phi) is 6.55. The quantitative estimate of drug-likeness (QED) is 0.722. The summed E-state index contributed by atoms with van der Waals surface area (Å²) in [6.07, 6.45) is 3.19. The normalized spacial score (nSPS) is 12.1. The number of benzene rings is 1. The van der Waals surface area contributed by atoms with Gasteiger partial charge >= 0.3 is 0 Å². The van der Waals surface area contributed by atoms with Crippen molar-refractivity contribution in [1.29, 1.82) is 0 Å². The molecule has 3 N–H and O–H groups in total. The molecule has 1 aromatic heterocycles. The van der Waals surface area contributed by atoms with Crippen molar-refractivity contribution in [1.82, 2.24) is 15.5 Å². The van der Waals surface area contributed by atoms with E-state index < -0.39 is 0 Å². The molecule has 1 heterocycles. The van der Waals surface area contributed by atoms with E-state index in [-0.39, 0.29) is 11.9 Å². The number of hydrogen-bond acceptors (Lipinski definition) is 5. The van der Waals surface area contributed by atoms with Gasteiger partial charge in [-0.25, -0.2) is 0 Å². The van der Waals surface area contributed by atoms with Gasteiger partial charge in [0, 0.05) is 17.0 Å². The van der Waals surface area contributed by atoms with Gasteiger partial charge in [-0.3, -0.25) is 4.79 Å². The Balaban J connectivity index is 1.91. The number of hydrogen-bond donors (Lipinski definition) is 2. The molecule has 0 saturated heterocycles. The van der Waals surface area contributed by atoms with Crippen LogP contribution in [-0.2, 0) is 4.79 Å². The number of nitrogens with one attached hydrogen (secondary N) is 1. The van der Waals surface area contributed by atoms with Gasteiger partial charge in [0.25, 0.3) is 0 Å². The number of halogens is 1. The summed E-state index contributed by atoms with van der Waals surface area (Å²) in [6, 6.07) is 6.87. The highest BCUT2D eigenvalue weighted by Gasteiger charge is 2.17. The van der Waals surface area contributed by atoms with Gasteiger partial charge in [0.1, 0.15) is 6.04 Å². The molecule has 0 aliphatic carbocycles. The molecule has 0 spiro atoms. The Bertz CT molecular complexity index is 645. The van der Waals surface area contributed by atoms with Gasteiger partial charge in [-0.2, -0.15) is 4.98 Å². The molecule has 1 amide bonds. The first-order valence-electron chi connectivity index (χ1n) is 7.69. The van der Waals surface area contributed by atoms with E-state index in [1.165, 1.54) is 0 Å². The first-order chi connectivity index (χ1) is 11.1. The van der Waals surface area contributed by atoms with E-state index in [0.29, 0.717) is 29.7 Å². The summed E-state index contributed by atoms with van der Waals surface area (Å²) in [6.45, 7) is 2.47. The van der Waals surface area contributed by atoms with E-state index in [2.05, 4.69) is 15.5 Å². The highest BCUT2D eigenvalue weighted by atomic mass is 35.5. The van der Waals surface area contributed by atoms with Gasteiger partial charge in [-0.05, 0) is 38.4 Å². The van der Waals surface area contributed by atoms with E-state index in [1.807, 2.05) is 19.1 Å². The number of nitrogens with zero attached hydrogens (tertiary/aromatic N) is 2. The number of carbonyl (C=O) groups is 1. The summed E-state index contributed by atoms with van der Waals surface area (Å²) in [4.78, 5) is 16.2. The average molecular weight is 337 g/mol. The van der Waals surface area contributed by atoms with Gasteiger partial charge in [0.2, 0.25) is 17.6 Å². The van der Waals surface area contributed by atoms with Crippen LogP contribution in [0.1, 0.15) is 44.5 Å². The first-order valence-corrected chi connectivity index (χ1v) is 8.07. The lowest BCUT2D eigenvalue weighted by Gasteiger charge is -2.09. The third-order valence-electron chi connectivity index (χ3n) is 3.38. The third-order valence-corrected chi connectivity index (χ3v) is 3.62. The van der Waals surface area contributed by atoms with E-state index in [1.54, 1.807) is 12.1 Å². The minimum Gasteiger partial charge on any atom is -0.345 e. The molecule has 7 heteroatoms. The van der Waals surface area contributed by atoms with Crippen molar-refractivity contribution in [3.8, 4) is 11.4 Å². The second-order valence-electron chi connectivity index (χ2n) is 5.36. The monoisotopic (exact) mass is 336 g/mol. The minimum absolute atomic E-state index is 0.0305. The number of carbonyl (C=O) groups excluding carboxylic acids is 1. The fraction of sp³-hybridized carbons (Fsp3) is 0.438. The van der Waals surface area contributed by atoms with Crippen molar-refractivity contribution in [3.05, 3.63) is 35.2 Å². The topological polar surface area (TPSA) is 94.0 Å². The summed E-state index contributed by atoms with van der Waals surface area (Å²) >= 11 is 5.95. The molecule has 2 aromatic rings. The van der Waals surface area contributed by atoms with Gasteiger partial charge in [-0.15, -0.1) is 0 Å². The lowest BCUT2D eigenvalue weighted by atomic mass is 10.2. The zero-order valence-corrected chi connectivity index (χ0v) is 13.8. The maximum absolute atomic E-state index is 11.9. The summed E-state index contributed by atoms with van der Waals surface area (Å²) in [5.41, 5.74) is 6.20. The number of amides is 1. The van der Waals surface area contributed by atoms with Crippen LogP contribution in [-0.4, -0.2) is 22.6 Å². The zero-order chi connectivity index (χ0) is 16.7. The van der Waals surface area contributed by atoms with Crippen LogP contribution in [0.5, 0.6) is 0 Å². The van der Waals surface area contributed by atoms with Gasteiger partial charge in [-0.1, -0.05) is 35.3 Å². The van der Waals surface area contributed by atoms with Crippen LogP contribution in [0.4, 0.5) is 0 Å². The predicted octanol–water partition coefficient (Wildman–Crippen LogP) is 3.09. The number of aromatic nitrogens is 2. The molecule has 6 nitrogen and oxygen atoms in total. The van der Waals surface area contributed by atoms with E-state index >= 15 is 0 Å². The maximum atomic E-state index is 11.9. The SMILES string of the molecule is CC(NC(=O)CCCCCN)c1nc(-c2cccc(Cl)c2)no1. The second kappa shape index (κ2) is 8.64. The van der Waals surface area contributed by atoms with Crippen LogP contribution in [0, 0.1) is 0 Å². The van der Waals surface area contributed by atoms with Crippen molar-refractivity contribution in [3.63, 3.8) is 0 Å². The van der Waals surface area contributed by atoms with Crippen molar-refractivity contribution >= 4 is 17.5 Å². The van der Waals surface area contributed by atoms with Gasteiger partial charge < -0.3 is 15.6 Å². The van der Waals surface area contributed by atoms with Crippen LogP contribution in [0.2, 0.25) is 5.02 Å².